The minimum absolute atomic E-state index is 0.134. The number of rotatable bonds is 10. The minimum Gasteiger partial charge on any atom is -0.438 e. The zero-order valence-corrected chi connectivity index (χ0v) is 21.9. The van der Waals surface area contributed by atoms with Crippen LogP contribution in [0.5, 0.6) is 0 Å². The molecule has 1 heterocycles. The van der Waals surface area contributed by atoms with Crippen LogP contribution in [-0.2, 0) is 27.1 Å². The largest absolute Gasteiger partial charge is 0.438 e. The van der Waals surface area contributed by atoms with E-state index < -0.39 is 8.32 Å². The quantitative estimate of drug-likeness (QED) is 0.167. The highest BCUT2D eigenvalue weighted by Gasteiger charge is 2.50. The number of ether oxygens (including phenoxy) is 2. The van der Waals surface area contributed by atoms with Gasteiger partial charge in [-0.3, -0.25) is 0 Å². The second-order valence-electron chi connectivity index (χ2n) is 9.46. The summed E-state index contributed by atoms with van der Waals surface area (Å²) in [5, 5.41) is 2.31. The van der Waals surface area contributed by atoms with Gasteiger partial charge in [-0.05, 0) is 27.5 Å². The third kappa shape index (κ3) is 5.46. The lowest BCUT2D eigenvalue weighted by atomic mass is 10.2. The third-order valence-corrected chi connectivity index (χ3v) is 11.1. The van der Waals surface area contributed by atoms with Gasteiger partial charge in [0.05, 0.1) is 13.2 Å². The molecule has 0 radical (unpaired) electrons. The second kappa shape index (κ2) is 11.1. The first-order valence-electron chi connectivity index (χ1n) is 11.8. The topological polar surface area (TPSA) is 53.7 Å². The first-order chi connectivity index (χ1) is 17.0. The Morgan fingerprint density at radius 3 is 1.83 bits per heavy atom. The second-order valence-corrected chi connectivity index (χ2v) is 13.8. The standard InChI is InChI=1S/C29H33NO4Si/c1-29(2,3)35(24-16-10-6-11-17-24,25-18-12-7-13-19-25)33-21-27-26(20-32-22-31-4)30-28(34-27)23-14-8-5-9-15-23/h5-19H,20-22H2,1-4H3. The van der Waals surface area contributed by atoms with Crippen molar-refractivity contribution in [3.8, 4) is 11.5 Å². The van der Waals surface area contributed by atoms with Gasteiger partial charge in [0, 0.05) is 12.7 Å². The van der Waals surface area contributed by atoms with Gasteiger partial charge in [-0.25, -0.2) is 4.98 Å². The van der Waals surface area contributed by atoms with Crippen LogP contribution in [0, 0.1) is 0 Å². The van der Waals surface area contributed by atoms with Crippen LogP contribution in [0.4, 0.5) is 0 Å². The van der Waals surface area contributed by atoms with Crippen LogP contribution in [0.3, 0.4) is 0 Å². The predicted molar refractivity (Wildman–Crippen MR) is 141 cm³/mol. The molecule has 182 valence electrons. The lowest BCUT2D eigenvalue weighted by molar-refractivity contribution is -0.0405. The van der Waals surface area contributed by atoms with Crippen molar-refractivity contribution >= 4 is 18.7 Å². The van der Waals surface area contributed by atoms with Crippen molar-refractivity contribution in [1.29, 1.82) is 0 Å². The van der Waals surface area contributed by atoms with Gasteiger partial charge in [0.1, 0.15) is 12.5 Å². The van der Waals surface area contributed by atoms with Gasteiger partial charge in [-0.2, -0.15) is 0 Å². The number of hydrogen-bond acceptors (Lipinski definition) is 5. The maximum absolute atomic E-state index is 7.07. The number of oxazole rings is 1. The van der Waals surface area contributed by atoms with Gasteiger partial charge in [0.15, 0.2) is 5.76 Å². The molecule has 0 aliphatic heterocycles. The van der Waals surface area contributed by atoms with Crippen LogP contribution in [0.1, 0.15) is 32.2 Å². The molecule has 0 amide bonds. The monoisotopic (exact) mass is 487 g/mol. The SMILES string of the molecule is COCOCc1nc(-c2ccccc2)oc1CO[Si](c1ccccc1)(c1ccccc1)C(C)(C)C. The average Bonchev–Trinajstić information content (AvgIpc) is 3.29. The van der Waals surface area contributed by atoms with Gasteiger partial charge in [0.25, 0.3) is 8.32 Å². The molecular weight excluding hydrogens is 454 g/mol. The molecule has 1 aromatic heterocycles. The van der Waals surface area contributed by atoms with Crippen LogP contribution in [0.15, 0.2) is 95.4 Å². The fraction of sp³-hybridized carbons (Fsp3) is 0.276. The summed E-state index contributed by atoms with van der Waals surface area (Å²) < 4.78 is 24.0. The molecule has 0 fully saturated rings. The number of nitrogens with zero attached hydrogens (tertiary/aromatic N) is 1. The Labute approximate surface area is 208 Å². The van der Waals surface area contributed by atoms with E-state index in [4.69, 9.17) is 23.3 Å². The molecule has 4 rings (SSSR count). The van der Waals surface area contributed by atoms with Crippen molar-refractivity contribution in [3.63, 3.8) is 0 Å². The zero-order chi connectivity index (χ0) is 24.7. The number of methoxy groups -OCH3 is 1. The summed E-state index contributed by atoms with van der Waals surface area (Å²) in [6.07, 6.45) is 0. The first kappa shape index (κ1) is 25.1. The summed E-state index contributed by atoms with van der Waals surface area (Å²) in [5.41, 5.74) is 1.64. The van der Waals surface area contributed by atoms with E-state index in [1.54, 1.807) is 7.11 Å². The van der Waals surface area contributed by atoms with E-state index in [0.29, 0.717) is 18.3 Å². The summed E-state index contributed by atoms with van der Waals surface area (Å²) in [5.74, 6) is 1.23. The summed E-state index contributed by atoms with van der Waals surface area (Å²) in [7, 11) is -1.11. The number of aromatic nitrogens is 1. The Hall–Kier alpha value is -3.03. The van der Waals surface area contributed by atoms with Crippen LogP contribution in [0.2, 0.25) is 5.04 Å². The van der Waals surface area contributed by atoms with Crippen LogP contribution in [-0.4, -0.2) is 27.2 Å². The molecule has 0 saturated carbocycles. The van der Waals surface area contributed by atoms with Gasteiger partial charge in [0.2, 0.25) is 5.89 Å². The predicted octanol–water partition coefficient (Wildman–Crippen LogP) is 5.54. The lowest BCUT2D eigenvalue weighted by Gasteiger charge is -2.42. The average molecular weight is 488 g/mol. The highest BCUT2D eigenvalue weighted by Crippen LogP contribution is 2.37. The molecule has 0 atom stereocenters. The van der Waals surface area contributed by atoms with Gasteiger partial charge in [-0.15, -0.1) is 0 Å². The fourth-order valence-electron chi connectivity index (χ4n) is 4.47. The minimum atomic E-state index is -2.72. The molecule has 0 spiro atoms. The Balaban J connectivity index is 1.75. The summed E-state index contributed by atoms with van der Waals surface area (Å²) >= 11 is 0. The molecule has 0 bridgehead atoms. The molecule has 3 aromatic carbocycles. The maximum Gasteiger partial charge on any atom is 0.261 e. The van der Waals surface area contributed by atoms with Crippen molar-refractivity contribution in [3.05, 3.63) is 102 Å². The molecule has 0 aliphatic carbocycles. The Morgan fingerprint density at radius 1 is 0.771 bits per heavy atom. The fourth-order valence-corrected chi connectivity index (χ4v) is 8.97. The Bertz CT molecular complexity index is 1150. The molecular formula is C29H33NO4Si. The lowest BCUT2D eigenvalue weighted by Crippen LogP contribution is -2.66. The van der Waals surface area contributed by atoms with E-state index >= 15 is 0 Å². The van der Waals surface area contributed by atoms with E-state index in [1.165, 1.54) is 10.4 Å². The molecule has 4 aromatic rings. The van der Waals surface area contributed by atoms with Crippen LogP contribution < -0.4 is 10.4 Å². The molecule has 0 unspecified atom stereocenters. The number of benzene rings is 3. The van der Waals surface area contributed by atoms with Crippen molar-refractivity contribution in [2.75, 3.05) is 13.9 Å². The Kier molecular flexibility index (Phi) is 7.98. The first-order valence-corrected chi connectivity index (χ1v) is 13.7. The number of hydrogen-bond donors (Lipinski definition) is 0. The van der Waals surface area contributed by atoms with E-state index in [9.17, 15) is 0 Å². The van der Waals surface area contributed by atoms with E-state index in [0.717, 1.165) is 11.3 Å². The highest BCUT2D eigenvalue weighted by atomic mass is 28.4. The molecule has 0 N–H and O–H groups in total. The van der Waals surface area contributed by atoms with Crippen molar-refractivity contribution in [2.24, 2.45) is 0 Å². The highest BCUT2D eigenvalue weighted by molar-refractivity contribution is 6.99. The maximum atomic E-state index is 7.07. The summed E-state index contributed by atoms with van der Waals surface area (Å²) in [6.45, 7) is 7.54. The van der Waals surface area contributed by atoms with Gasteiger partial charge < -0.3 is 18.3 Å². The van der Waals surface area contributed by atoms with Gasteiger partial charge >= 0.3 is 0 Å². The van der Waals surface area contributed by atoms with Crippen LogP contribution >= 0.6 is 0 Å². The molecule has 5 nitrogen and oxygen atoms in total. The van der Waals surface area contributed by atoms with Gasteiger partial charge in [-0.1, -0.05) is 99.6 Å². The van der Waals surface area contributed by atoms with Crippen molar-refractivity contribution < 1.29 is 18.3 Å². The van der Waals surface area contributed by atoms with Crippen molar-refractivity contribution in [1.82, 2.24) is 4.98 Å². The van der Waals surface area contributed by atoms with Crippen molar-refractivity contribution in [2.45, 2.75) is 39.0 Å². The van der Waals surface area contributed by atoms with E-state index in [1.807, 2.05) is 42.5 Å². The summed E-state index contributed by atoms with van der Waals surface area (Å²) in [6, 6.07) is 31.0. The third-order valence-electron chi connectivity index (χ3n) is 6.08. The van der Waals surface area contributed by atoms with E-state index in [2.05, 4.69) is 69.3 Å². The smallest absolute Gasteiger partial charge is 0.261 e. The molecule has 6 heteroatoms. The molecule has 35 heavy (non-hydrogen) atoms. The zero-order valence-electron chi connectivity index (χ0n) is 20.9. The van der Waals surface area contributed by atoms with E-state index in [-0.39, 0.29) is 18.4 Å². The molecule has 0 aliphatic rings. The molecule has 0 saturated heterocycles. The summed E-state index contributed by atoms with van der Waals surface area (Å²) in [4.78, 5) is 4.75. The Morgan fingerprint density at radius 2 is 1.31 bits per heavy atom. The van der Waals surface area contributed by atoms with Crippen LogP contribution in [0.25, 0.3) is 11.5 Å². The normalized spacial score (nSPS) is 12.1.